The molecule has 1 heterocycles. The fraction of sp³-hybridized carbons (Fsp3) is 0.176. The normalized spacial score (nSPS) is 22.5. The minimum atomic E-state index is -1.13. The number of halogens is 1. The van der Waals surface area contributed by atoms with Crippen LogP contribution in [-0.2, 0) is 9.59 Å². The number of benzene rings is 4. The number of carbonyl (C=O) groups excluding carboxylic acids is 4. The van der Waals surface area contributed by atoms with Gasteiger partial charge in [0.1, 0.15) is 6.04 Å². The van der Waals surface area contributed by atoms with Crippen molar-refractivity contribution in [3.63, 3.8) is 0 Å². The molecule has 0 N–H and O–H groups in total. The van der Waals surface area contributed by atoms with Gasteiger partial charge in [-0.25, -0.2) is 5.01 Å². The van der Waals surface area contributed by atoms with Crippen molar-refractivity contribution in [2.75, 3.05) is 0 Å². The lowest BCUT2D eigenvalue weighted by Gasteiger charge is -2.45. The van der Waals surface area contributed by atoms with E-state index in [9.17, 15) is 19.2 Å². The maximum absolute atomic E-state index is 14.4. The van der Waals surface area contributed by atoms with Gasteiger partial charge in [0.2, 0.25) is 0 Å². The molecule has 4 aromatic rings. The second kappa shape index (κ2) is 9.53. The molecule has 0 aromatic heterocycles. The molecule has 1 aliphatic heterocycles. The molecule has 0 radical (unpaired) electrons. The lowest BCUT2D eigenvalue weighted by molar-refractivity contribution is -0.156. The summed E-state index contributed by atoms with van der Waals surface area (Å²) in [6, 6.07) is 29.6. The van der Waals surface area contributed by atoms with E-state index in [1.165, 1.54) is 12.1 Å². The Morgan fingerprint density at radius 1 is 0.659 bits per heavy atom. The van der Waals surface area contributed by atoms with Crippen LogP contribution in [0.15, 0.2) is 103 Å². The lowest BCUT2D eigenvalue weighted by Crippen LogP contribution is -2.56. The van der Waals surface area contributed by atoms with E-state index in [0.29, 0.717) is 10.6 Å². The number of carbonyl (C=O) groups is 4. The average Bonchev–Trinajstić information content (AvgIpc) is 3.27. The van der Waals surface area contributed by atoms with Crippen LogP contribution < -0.4 is 0 Å². The second-order valence-electron chi connectivity index (χ2n) is 10.8. The number of hydrogen-bond acceptors (Lipinski definition) is 4. The molecule has 41 heavy (non-hydrogen) atoms. The van der Waals surface area contributed by atoms with Gasteiger partial charge in [0.25, 0.3) is 17.7 Å². The first-order chi connectivity index (χ1) is 19.9. The van der Waals surface area contributed by atoms with Gasteiger partial charge in [-0.15, -0.1) is 0 Å². The molecule has 202 valence electrons. The summed E-state index contributed by atoms with van der Waals surface area (Å²) in [4.78, 5) is 56.7. The molecule has 4 aliphatic rings. The maximum Gasteiger partial charge on any atom is 0.273 e. The Bertz CT molecular complexity index is 1620. The van der Waals surface area contributed by atoms with Crippen molar-refractivity contribution < 1.29 is 19.2 Å². The Kier molecular flexibility index (Phi) is 5.91. The Morgan fingerprint density at radius 3 is 1.56 bits per heavy atom. The SMILES string of the molecule is C[C@H](C(=O)c1ccccc1)N(C(=O)c1ccc(Cl)cc1)N1C(=O)[C@H]2C3c4ccccc4C(c4ccccc43)[C@@H]2C1=O. The third-order valence-corrected chi connectivity index (χ3v) is 9.00. The number of amides is 3. The van der Waals surface area contributed by atoms with E-state index in [0.717, 1.165) is 32.3 Å². The molecule has 3 aliphatic carbocycles. The average molecular weight is 561 g/mol. The zero-order valence-electron chi connectivity index (χ0n) is 22.1. The summed E-state index contributed by atoms with van der Waals surface area (Å²) in [5.74, 6) is -3.95. The first kappa shape index (κ1) is 25.4. The minimum Gasteiger partial charge on any atom is -0.292 e. The number of hydrazine groups is 1. The predicted octanol–water partition coefficient (Wildman–Crippen LogP) is 5.86. The van der Waals surface area contributed by atoms with Crippen molar-refractivity contribution in [3.05, 3.63) is 142 Å². The summed E-state index contributed by atoms with van der Waals surface area (Å²) in [6.45, 7) is 1.56. The number of Topliss-reactive ketones (excluding diaryl/α,β-unsaturated/α-hetero) is 1. The van der Waals surface area contributed by atoms with Crippen LogP contribution >= 0.6 is 11.6 Å². The summed E-state index contributed by atoms with van der Waals surface area (Å²) in [5.41, 5.74) is 4.72. The number of nitrogens with zero attached hydrogens (tertiary/aromatic N) is 2. The first-order valence-corrected chi connectivity index (χ1v) is 14.0. The molecular formula is C34H25ClN2O4. The van der Waals surface area contributed by atoms with E-state index in [1.54, 1.807) is 49.4 Å². The van der Waals surface area contributed by atoms with Crippen LogP contribution in [0.3, 0.4) is 0 Å². The Hall–Kier alpha value is -4.55. The third-order valence-electron chi connectivity index (χ3n) is 8.74. The summed E-state index contributed by atoms with van der Waals surface area (Å²) >= 11 is 6.07. The van der Waals surface area contributed by atoms with Gasteiger partial charge in [-0.1, -0.05) is 90.5 Å². The molecule has 0 spiro atoms. The summed E-state index contributed by atoms with van der Waals surface area (Å²) in [5, 5.41) is 2.47. The highest BCUT2D eigenvalue weighted by Crippen LogP contribution is 2.61. The lowest BCUT2D eigenvalue weighted by atomic mass is 9.55. The molecule has 6 nitrogen and oxygen atoms in total. The Morgan fingerprint density at radius 2 is 1.10 bits per heavy atom. The van der Waals surface area contributed by atoms with Gasteiger partial charge in [-0.3, -0.25) is 19.2 Å². The highest BCUT2D eigenvalue weighted by Gasteiger charge is 2.63. The van der Waals surface area contributed by atoms with Gasteiger partial charge in [-0.2, -0.15) is 5.01 Å². The smallest absolute Gasteiger partial charge is 0.273 e. The molecule has 3 amide bonds. The Balaban J connectivity index is 1.36. The second-order valence-corrected chi connectivity index (χ2v) is 11.3. The van der Waals surface area contributed by atoms with Gasteiger partial charge in [0.05, 0.1) is 11.8 Å². The largest absolute Gasteiger partial charge is 0.292 e. The van der Waals surface area contributed by atoms with Crippen molar-refractivity contribution in [3.8, 4) is 0 Å². The van der Waals surface area contributed by atoms with Gasteiger partial charge >= 0.3 is 0 Å². The number of hydrogen-bond donors (Lipinski definition) is 0. The van der Waals surface area contributed by atoms with E-state index in [1.807, 2.05) is 48.5 Å². The zero-order chi connectivity index (χ0) is 28.4. The van der Waals surface area contributed by atoms with Crippen LogP contribution in [0.1, 0.15) is 61.7 Å². The van der Waals surface area contributed by atoms with Crippen LogP contribution in [0.5, 0.6) is 0 Å². The van der Waals surface area contributed by atoms with Crippen molar-refractivity contribution >= 4 is 35.1 Å². The standard InChI is InChI=1S/C34H25ClN2O4/c1-19(31(38)20-9-3-2-4-10-20)36(32(39)21-15-17-22(35)18-16-21)37-33(40)29-27-23-11-5-6-12-24(23)28(30(29)34(37)41)26-14-8-7-13-25(26)27/h2-19,27-30H,1H3/t19-,27?,28?,29+,30+/m1/s1. The third kappa shape index (κ3) is 3.71. The fourth-order valence-corrected chi connectivity index (χ4v) is 7.12. The van der Waals surface area contributed by atoms with Gasteiger partial charge in [-0.05, 0) is 53.4 Å². The number of imide groups is 1. The van der Waals surface area contributed by atoms with E-state index in [4.69, 9.17) is 11.6 Å². The van der Waals surface area contributed by atoms with Crippen molar-refractivity contribution in [2.45, 2.75) is 24.8 Å². The molecule has 1 saturated heterocycles. The summed E-state index contributed by atoms with van der Waals surface area (Å²) < 4.78 is 0. The fourth-order valence-electron chi connectivity index (χ4n) is 6.99. The van der Waals surface area contributed by atoms with E-state index in [-0.39, 0.29) is 23.2 Å². The minimum absolute atomic E-state index is 0.215. The predicted molar refractivity (Wildman–Crippen MR) is 153 cm³/mol. The van der Waals surface area contributed by atoms with Gasteiger partial charge < -0.3 is 0 Å². The van der Waals surface area contributed by atoms with Crippen LogP contribution in [0, 0.1) is 11.8 Å². The molecule has 3 atom stereocenters. The van der Waals surface area contributed by atoms with Crippen molar-refractivity contribution in [2.24, 2.45) is 11.8 Å². The van der Waals surface area contributed by atoms with E-state index in [2.05, 4.69) is 0 Å². The molecule has 7 heteroatoms. The van der Waals surface area contributed by atoms with Crippen molar-refractivity contribution in [1.29, 1.82) is 0 Å². The molecule has 0 unspecified atom stereocenters. The molecule has 4 aromatic carbocycles. The summed E-state index contributed by atoms with van der Waals surface area (Å²) in [6.07, 6.45) is 0. The molecule has 1 fully saturated rings. The van der Waals surface area contributed by atoms with Crippen molar-refractivity contribution in [1.82, 2.24) is 10.0 Å². The quantitative estimate of drug-likeness (QED) is 0.226. The first-order valence-electron chi connectivity index (χ1n) is 13.6. The topological polar surface area (TPSA) is 74.8 Å². The van der Waals surface area contributed by atoms with E-state index < -0.39 is 35.6 Å². The number of rotatable bonds is 5. The van der Waals surface area contributed by atoms with Crippen LogP contribution in [-0.4, -0.2) is 39.6 Å². The molecular weight excluding hydrogens is 536 g/mol. The highest BCUT2D eigenvalue weighted by molar-refractivity contribution is 6.30. The molecule has 0 saturated carbocycles. The molecule has 2 bridgehead atoms. The molecule has 8 rings (SSSR count). The summed E-state index contributed by atoms with van der Waals surface area (Å²) in [7, 11) is 0. The van der Waals surface area contributed by atoms with Crippen LogP contribution in [0.2, 0.25) is 5.02 Å². The number of ketones is 1. The maximum atomic E-state index is 14.4. The van der Waals surface area contributed by atoms with Crippen LogP contribution in [0.25, 0.3) is 0 Å². The monoisotopic (exact) mass is 560 g/mol. The zero-order valence-corrected chi connectivity index (χ0v) is 22.9. The Labute approximate surface area is 242 Å². The van der Waals surface area contributed by atoms with Crippen LogP contribution in [0.4, 0.5) is 0 Å². The van der Waals surface area contributed by atoms with Gasteiger partial charge in [0, 0.05) is 28.0 Å². The highest BCUT2D eigenvalue weighted by atomic mass is 35.5. The van der Waals surface area contributed by atoms with E-state index >= 15 is 0 Å². The van der Waals surface area contributed by atoms with Gasteiger partial charge in [0.15, 0.2) is 5.78 Å².